The number of nitrogens with zero attached hydrogens (tertiary/aromatic N) is 2. The first-order valence-corrected chi connectivity index (χ1v) is 9.47. The topological polar surface area (TPSA) is 61.9 Å². The lowest BCUT2D eigenvalue weighted by molar-refractivity contribution is -0.153. The van der Waals surface area contributed by atoms with Crippen molar-refractivity contribution in [2.75, 3.05) is 38.1 Å². The molecule has 3 amide bonds. The summed E-state index contributed by atoms with van der Waals surface area (Å²) >= 11 is 0. The molecule has 1 aromatic carbocycles. The number of urea groups is 1. The molecule has 154 valence electrons. The summed E-state index contributed by atoms with van der Waals surface area (Å²) in [5, 5.41) is 2.67. The second-order valence-corrected chi connectivity index (χ2v) is 7.13. The second kappa shape index (κ2) is 8.70. The Morgan fingerprint density at radius 2 is 1.64 bits per heavy atom. The molecule has 9 heteroatoms. The molecule has 1 N–H and O–H groups in total. The number of nitrogens with one attached hydrogen (secondary N) is 1. The lowest BCUT2D eigenvalue weighted by Gasteiger charge is -2.34. The van der Waals surface area contributed by atoms with Gasteiger partial charge in [-0.2, -0.15) is 13.2 Å². The van der Waals surface area contributed by atoms with Crippen LogP contribution in [0.1, 0.15) is 25.7 Å². The van der Waals surface area contributed by atoms with Crippen molar-refractivity contribution >= 4 is 17.6 Å². The molecule has 0 bridgehead atoms. The number of alkyl halides is 3. The van der Waals surface area contributed by atoms with Gasteiger partial charge >= 0.3 is 12.2 Å². The standard InChI is InChI=1S/C19H24F3N3O3/c20-19(21,22)13-28-16-6-2-1-5-15(16)23-17(26)14-7-11-25(12-8-14)18(27)24-9-3-4-10-24/h1-2,5-6,14H,3-4,7-13H2,(H,23,26). The molecule has 2 aliphatic heterocycles. The van der Waals surface area contributed by atoms with E-state index >= 15 is 0 Å². The Kier molecular flexibility index (Phi) is 6.31. The predicted molar refractivity (Wildman–Crippen MR) is 97.1 cm³/mol. The Balaban J connectivity index is 1.53. The fourth-order valence-electron chi connectivity index (χ4n) is 3.53. The van der Waals surface area contributed by atoms with Gasteiger partial charge < -0.3 is 19.9 Å². The summed E-state index contributed by atoms with van der Waals surface area (Å²) in [7, 11) is 0. The van der Waals surface area contributed by atoms with Crippen molar-refractivity contribution in [1.82, 2.24) is 9.80 Å². The van der Waals surface area contributed by atoms with Crippen LogP contribution in [-0.2, 0) is 4.79 Å². The van der Waals surface area contributed by atoms with Crippen LogP contribution in [0.3, 0.4) is 0 Å². The van der Waals surface area contributed by atoms with Crippen LogP contribution in [0, 0.1) is 5.92 Å². The zero-order chi connectivity index (χ0) is 20.1. The minimum absolute atomic E-state index is 0.0187. The number of piperidine rings is 1. The number of ether oxygens (including phenoxy) is 1. The van der Waals surface area contributed by atoms with E-state index in [-0.39, 0.29) is 29.3 Å². The van der Waals surface area contributed by atoms with Gasteiger partial charge in [0.1, 0.15) is 5.75 Å². The molecule has 0 saturated carbocycles. The van der Waals surface area contributed by atoms with Crippen LogP contribution in [0.4, 0.5) is 23.7 Å². The number of rotatable bonds is 4. The first kappa shape index (κ1) is 20.3. The third kappa shape index (κ3) is 5.30. The molecule has 0 atom stereocenters. The van der Waals surface area contributed by atoms with Crippen LogP contribution in [0.2, 0.25) is 0 Å². The quantitative estimate of drug-likeness (QED) is 0.843. The first-order chi connectivity index (χ1) is 13.3. The molecular weight excluding hydrogens is 375 g/mol. The van der Waals surface area contributed by atoms with E-state index in [0.717, 1.165) is 25.9 Å². The molecule has 0 aliphatic carbocycles. The number of halogens is 3. The number of hydrogen-bond donors (Lipinski definition) is 1. The molecule has 0 unspecified atom stereocenters. The van der Waals surface area contributed by atoms with Gasteiger partial charge in [0, 0.05) is 32.1 Å². The van der Waals surface area contributed by atoms with Crippen molar-refractivity contribution in [2.24, 2.45) is 5.92 Å². The van der Waals surface area contributed by atoms with Crippen LogP contribution >= 0.6 is 0 Å². The van der Waals surface area contributed by atoms with E-state index in [9.17, 15) is 22.8 Å². The molecule has 2 heterocycles. The van der Waals surface area contributed by atoms with Crippen molar-refractivity contribution in [3.05, 3.63) is 24.3 Å². The highest BCUT2D eigenvalue weighted by atomic mass is 19.4. The molecule has 0 aromatic heterocycles. The van der Waals surface area contributed by atoms with Gasteiger partial charge in [0.15, 0.2) is 6.61 Å². The number of likely N-dealkylation sites (tertiary alicyclic amines) is 2. The van der Waals surface area contributed by atoms with Gasteiger partial charge in [0.05, 0.1) is 5.69 Å². The summed E-state index contributed by atoms with van der Waals surface area (Å²) in [4.78, 5) is 28.6. The maximum absolute atomic E-state index is 12.6. The maximum Gasteiger partial charge on any atom is 0.422 e. The fraction of sp³-hybridized carbons (Fsp3) is 0.579. The Labute approximate surface area is 161 Å². The van der Waals surface area contributed by atoms with E-state index in [4.69, 9.17) is 4.74 Å². The lowest BCUT2D eigenvalue weighted by Crippen LogP contribution is -2.47. The molecule has 2 saturated heterocycles. The molecule has 3 rings (SSSR count). The van der Waals surface area contributed by atoms with Crippen molar-refractivity contribution in [3.63, 3.8) is 0 Å². The monoisotopic (exact) mass is 399 g/mol. The van der Waals surface area contributed by atoms with Gasteiger partial charge in [-0.1, -0.05) is 12.1 Å². The maximum atomic E-state index is 12.6. The first-order valence-electron chi connectivity index (χ1n) is 9.47. The lowest BCUT2D eigenvalue weighted by atomic mass is 9.96. The van der Waals surface area contributed by atoms with Crippen molar-refractivity contribution < 1.29 is 27.5 Å². The van der Waals surface area contributed by atoms with E-state index in [2.05, 4.69) is 5.32 Å². The van der Waals surface area contributed by atoms with Gasteiger partial charge in [-0.25, -0.2) is 4.79 Å². The van der Waals surface area contributed by atoms with E-state index in [1.807, 2.05) is 4.90 Å². The molecule has 0 spiro atoms. The van der Waals surface area contributed by atoms with Crippen molar-refractivity contribution in [3.8, 4) is 5.75 Å². The highest BCUT2D eigenvalue weighted by molar-refractivity contribution is 5.94. The SMILES string of the molecule is O=C(Nc1ccccc1OCC(F)(F)F)C1CCN(C(=O)N2CCCC2)CC1. The Morgan fingerprint density at radius 3 is 2.29 bits per heavy atom. The van der Waals surface area contributed by atoms with E-state index in [1.54, 1.807) is 17.0 Å². The third-order valence-corrected chi connectivity index (χ3v) is 5.05. The zero-order valence-electron chi connectivity index (χ0n) is 15.5. The van der Waals surface area contributed by atoms with Gasteiger partial charge in [0.2, 0.25) is 5.91 Å². The Morgan fingerprint density at radius 1 is 1.04 bits per heavy atom. The number of carbonyl (C=O) groups is 2. The number of anilines is 1. The average Bonchev–Trinajstić information content (AvgIpc) is 3.21. The van der Waals surface area contributed by atoms with Gasteiger partial charge in [-0.3, -0.25) is 4.79 Å². The minimum Gasteiger partial charge on any atom is -0.482 e. The van der Waals surface area contributed by atoms with Crippen LogP contribution in [0.5, 0.6) is 5.75 Å². The Bertz CT molecular complexity index is 697. The van der Waals surface area contributed by atoms with Gasteiger partial charge in [-0.05, 0) is 37.8 Å². The summed E-state index contributed by atoms with van der Waals surface area (Å²) in [5.41, 5.74) is 0.215. The highest BCUT2D eigenvalue weighted by Crippen LogP contribution is 2.28. The second-order valence-electron chi connectivity index (χ2n) is 7.13. The summed E-state index contributed by atoms with van der Waals surface area (Å²) < 4.78 is 42.0. The molecule has 6 nitrogen and oxygen atoms in total. The fourth-order valence-corrected chi connectivity index (χ4v) is 3.53. The molecular formula is C19H24F3N3O3. The summed E-state index contributed by atoms with van der Waals surface area (Å²) in [6.07, 6.45) is -1.35. The molecule has 0 radical (unpaired) electrons. The molecule has 28 heavy (non-hydrogen) atoms. The summed E-state index contributed by atoms with van der Waals surface area (Å²) in [5.74, 6) is -0.579. The minimum atomic E-state index is -4.45. The van der Waals surface area contributed by atoms with Crippen molar-refractivity contribution in [2.45, 2.75) is 31.9 Å². The summed E-state index contributed by atoms with van der Waals surface area (Å²) in [6, 6.07) is 6.09. The van der Waals surface area contributed by atoms with Crippen molar-refractivity contribution in [1.29, 1.82) is 0 Å². The van der Waals surface area contributed by atoms with Crippen LogP contribution in [0.15, 0.2) is 24.3 Å². The number of carbonyl (C=O) groups excluding carboxylic acids is 2. The number of para-hydroxylation sites is 2. The molecule has 2 aliphatic rings. The Hall–Kier alpha value is -2.45. The smallest absolute Gasteiger partial charge is 0.422 e. The van der Waals surface area contributed by atoms with Crippen LogP contribution in [-0.4, -0.2) is 60.7 Å². The average molecular weight is 399 g/mol. The van der Waals surface area contributed by atoms with E-state index in [1.165, 1.54) is 12.1 Å². The number of hydrogen-bond acceptors (Lipinski definition) is 3. The molecule has 1 aromatic rings. The van der Waals surface area contributed by atoms with E-state index in [0.29, 0.717) is 25.9 Å². The van der Waals surface area contributed by atoms with Gasteiger partial charge in [0.25, 0.3) is 0 Å². The zero-order valence-corrected chi connectivity index (χ0v) is 15.5. The molecule has 2 fully saturated rings. The summed E-state index contributed by atoms with van der Waals surface area (Å²) in [6.45, 7) is 1.15. The van der Waals surface area contributed by atoms with E-state index < -0.39 is 12.8 Å². The highest BCUT2D eigenvalue weighted by Gasteiger charge is 2.31. The normalized spacial score (nSPS) is 18.2. The predicted octanol–water partition coefficient (Wildman–Crippen LogP) is 3.49. The largest absolute Gasteiger partial charge is 0.482 e. The number of amides is 3. The number of benzene rings is 1. The van der Waals surface area contributed by atoms with Crippen LogP contribution in [0.25, 0.3) is 0 Å². The third-order valence-electron chi connectivity index (χ3n) is 5.05. The van der Waals surface area contributed by atoms with Gasteiger partial charge in [-0.15, -0.1) is 0 Å². The van der Waals surface area contributed by atoms with Crippen LogP contribution < -0.4 is 10.1 Å².